The fraction of sp³-hybridized carbons (Fsp3) is 0.765. The molecule has 308 valence electrons. The summed E-state index contributed by atoms with van der Waals surface area (Å²) in [4.78, 5) is 43.5. The van der Waals surface area contributed by atoms with Crippen molar-refractivity contribution < 1.29 is 0 Å². The van der Waals surface area contributed by atoms with Crippen LogP contribution in [0.1, 0.15) is 55.4 Å². The van der Waals surface area contributed by atoms with Crippen LogP contribution in [0.2, 0.25) is 0 Å². The minimum Gasteiger partial charge on any atom is -0.266 e. The zero-order valence-electron chi connectivity index (χ0n) is 31.9. The van der Waals surface area contributed by atoms with E-state index < -0.39 is 8.59 Å². The first-order valence-electron chi connectivity index (χ1n) is 17.7. The SMILES string of the molecule is C[C@@]12CSC(=N1)[C@]1(C)CSC(=N1)[C@]1(C)CSC(=N1)[C@]1(C)CSC(=N1)[C@]1(C)CSC(=N1)[C@]1(C)CSC(=N1)[C@]1(C)CSC(=N1)[C@]1(C)CSC2=N1.ClC(Cl)Cl.ClC(Cl)Cl. The van der Waals surface area contributed by atoms with Gasteiger partial charge in [-0.05, 0) is 55.4 Å². The molecule has 8 nitrogen and oxygen atoms in total. The molecular weight excluding hydrogens is 990 g/mol. The summed E-state index contributed by atoms with van der Waals surface area (Å²) in [5.74, 6) is 7.15. The van der Waals surface area contributed by atoms with E-state index in [0.29, 0.717) is 0 Å². The molecule has 0 amide bonds. The molecule has 0 aromatic rings. The number of fused-ring (bicyclic) bond motifs is 16. The number of halogens is 6. The molecule has 0 spiro atoms. The Morgan fingerprint density at radius 1 is 0.286 bits per heavy atom. The number of hydrogen-bond donors (Lipinski definition) is 0. The number of aliphatic imine (C=N–C) groups is 8. The third-order valence-corrected chi connectivity index (χ3v) is 22.5. The van der Waals surface area contributed by atoms with Gasteiger partial charge < -0.3 is 0 Å². The average Bonchev–Trinajstić information content (AvgIpc) is 3.93. The zero-order valence-corrected chi connectivity index (χ0v) is 43.0. The summed E-state index contributed by atoms with van der Waals surface area (Å²) in [5.41, 5.74) is -2.78. The highest BCUT2D eigenvalue weighted by atomic mass is 35.6. The van der Waals surface area contributed by atoms with E-state index in [4.69, 9.17) is 110 Å². The van der Waals surface area contributed by atoms with Crippen LogP contribution in [0.4, 0.5) is 0 Å². The lowest BCUT2D eigenvalue weighted by Crippen LogP contribution is -2.35. The van der Waals surface area contributed by atoms with Gasteiger partial charge in [-0.25, -0.2) is 0 Å². The Hall–Kier alpha value is 1.90. The summed E-state index contributed by atoms with van der Waals surface area (Å²) in [6.45, 7) is 18.1. The highest BCUT2D eigenvalue weighted by Crippen LogP contribution is 2.51. The second-order valence-electron chi connectivity index (χ2n) is 16.3. The monoisotopic (exact) mass is 1030 g/mol. The predicted octanol–water partition coefficient (Wildman–Crippen LogP) is 11.2. The van der Waals surface area contributed by atoms with Crippen molar-refractivity contribution in [3.8, 4) is 0 Å². The zero-order chi connectivity index (χ0) is 40.7. The Morgan fingerprint density at radius 3 is 0.464 bits per heavy atom. The summed E-state index contributed by atoms with van der Waals surface area (Å²) in [6, 6.07) is 0. The fourth-order valence-electron chi connectivity index (χ4n) is 7.06. The molecule has 9 aliphatic heterocycles. The van der Waals surface area contributed by atoms with Gasteiger partial charge in [0.15, 0.2) is 8.59 Å². The van der Waals surface area contributed by atoms with E-state index in [0.717, 1.165) is 86.4 Å². The van der Waals surface area contributed by atoms with Crippen molar-refractivity contribution in [1.29, 1.82) is 0 Å². The molecule has 56 heavy (non-hydrogen) atoms. The van der Waals surface area contributed by atoms with Crippen molar-refractivity contribution >= 4 is 204 Å². The molecular formula is C34H42Cl6N8S8. The van der Waals surface area contributed by atoms with Crippen LogP contribution in [-0.4, -0.2) is 139 Å². The van der Waals surface area contributed by atoms with Gasteiger partial charge in [0.25, 0.3) is 0 Å². The van der Waals surface area contributed by atoms with E-state index in [1.807, 2.05) is 94.1 Å². The van der Waals surface area contributed by atoms with E-state index in [1.165, 1.54) is 0 Å². The number of nitrogens with zero attached hydrogens (tertiary/aromatic N) is 8. The van der Waals surface area contributed by atoms with E-state index in [2.05, 4.69) is 55.4 Å². The molecule has 0 N–H and O–H groups in total. The third kappa shape index (κ3) is 8.86. The largest absolute Gasteiger partial charge is 0.266 e. The fourth-order valence-corrected chi connectivity index (χ4v) is 18.3. The molecule has 0 aromatic heterocycles. The third-order valence-electron chi connectivity index (χ3n) is 10.4. The highest BCUT2D eigenvalue weighted by Gasteiger charge is 2.55. The number of rotatable bonds is 0. The number of thioether (sulfide) groups is 8. The first-order chi connectivity index (χ1) is 26.0. The van der Waals surface area contributed by atoms with E-state index in [-0.39, 0.29) is 44.3 Å². The Labute approximate surface area is 394 Å². The molecule has 9 rings (SSSR count). The van der Waals surface area contributed by atoms with E-state index in [1.54, 1.807) is 0 Å². The van der Waals surface area contributed by atoms with Gasteiger partial charge in [-0.2, -0.15) is 0 Å². The van der Waals surface area contributed by atoms with Crippen LogP contribution in [0, 0.1) is 0 Å². The molecule has 9 aliphatic rings. The molecule has 0 radical (unpaired) electrons. The first-order valence-corrected chi connectivity index (χ1v) is 28.2. The van der Waals surface area contributed by atoms with Gasteiger partial charge in [0.1, 0.15) is 44.3 Å². The molecule has 0 aromatic carbocycles. The van der Waals surface area contributed by atoms with Crippen LogP contribution in [0.15, 0.2) is 39.9 Å². The molecule has 0 saturated heterocycles. The second-order valence-corrected chi connectivity index (χ2v) is 28.0. The normalized spacial score (nSPS) is 43.4. The quantitative estimate of drug-likeness (QED) is 0.175. The van der Waals surface area contributed by atoms with Crippen molar-refractivity contribution in [2.24, 2.45) is 39.9 Å². The maximum absolute atomic E-state index is 5.44. The van der Waals surface area contributed by atoms with Gasteiger partial charge in [0.05, 0.1) is 40.3 Å². The molecule has 8 atom stereocenters. The maximum atomic E-state index is 5.44. The number of alkyl halides is 6. The van der Waals surface area contributed by atoms with Gasteiger partial charge in [-0.3, -0.25) is 39.9 Å². The van der Waals surface area contributed by atoms with Crippen molar-refractivity contribution in [2.45, 2.75) is 108 Å². The van der Waals surface area contributed by atoms with Crippen LogP contribution in [0.3, 0.4) is 0 Å². The topological polar surface area (TPSA) is 98.9 Å². The van der Waals surface area contributed by atoms with Crippen molar-refractivity contribution in [3.63, 3.8) is 0 Å². The maximum Gasteiger partial charge on any atom is 0.180 e. The molecule has 22 heteroatoms. The summed E-state index contributed by atoms with van der Waals surface area (Å²) in [5, 5.41) is 9.06. The summed E-state index contributed by atoms with van der Waals surface area (Å²) < 4.78 is -1.50. The van der Waals surface area contributed by atoms with Crippen LogP contribution in [0.5, 0.6) is 0 Å². The molecule has 16 bridgehead atoms. The molecule has 9 heterocycles. The molecule has 0 aliphatic carbocycles. The second kappa shape index (κ2) is 16.5. The predicted molar refractivity (Wildman–Crippen MR) is 269 cm³/mol. The van der Waals surface area contributed by atoms with Gasteiger partial charge in [-0.1, -0.05) is 69.6 Å². The van der Waals surface area contributed by atoms with Crippen LogP contribution in [-0.2, 0) is 0 Å². The van der Waals surface area contributed by atoms with Gasteiger partial charge >= 0.3 is 0 Å². The summed E-state index contributed by atoms with van der Waals surface area (Å²) in [7, 11) is 0. The minimum atomic E-state index is -0.750. The Balaban J connectivity index is 0.000000551. The molecule has 0 saturated carbocycles. The molecule has 0 fully saturated rings. The van der Waals surface area contributed by atoms with Crippen molar-refractivity contribution in [3.05, 3.63) is 0 Å². The Morgan fingerprint density at radius 2 is 0.375 bits per heavy atom. The van der Waals surface area contributed by atoms with E-state index in [9.17, 15) is 0 Å². The average molecular weight is 1030 g/mol. The lowest BCUT2D eigenvalue weighted by atomic mass is 10.0. The van der Waals surface area contributed by atoms with E-state index >= 15 is 0 Å². The number of hydrogen-bond acceptors (Lipinski definition) is 16. The lowest BCUT2D eigenvalue weighted by Gasteiger charge is -2.23. The Bertz CT molecular complexity index is 1530. The summed E-state index contributed by atoms with van der Waals surface area (Å²) >= 11 is 43.8. The van der Waals surface area contributed by atoms with Gasteiger partial charge in [0, 0.05) is 46.0 Å². The summed E-state index contributed by atoms with van der Waals surface area (Å²) in [6.07, 6.45) is 0. The Kier molecular flexibility index (Phi) is 13.5. The lowest BCUT2D eigenvalue weighted by molar-refractivity contribution is 0.661. The van der Waals surface area contributed by atoms with Gasteiger partial charge in [0.2, 0.25) is 0 Å². The molecule has 0 unspecified atom stereocenters. The van der Waals surface area contributed by atoms with Crippen LogP contribution in [0.25, 0.3) is 0 Å². The first kappa shape index (κ1) is 45.9. The van der Waals surface area contributed by atoms with Crippen molar-refractivity contribution in [1.82, 2.24) is 0 Å². The van der Waals surface area contributed by atoms with Crippen LogP contribution >= 0.6 is 164 Å². The highest BCUT2D eigenvalue weighted by molar-refractivity contribution is 8.19. The van der Waals surface area contributed by atoms with Crippen molar-refractivity contribution in [2.75, 3.05) is 46.0 Å². The van der Waals surface area contributed by atoms with Gasteiger partial charge in [-0.15, -0.1) is 94.1 Å². The minimum absolute atomic E-state index is 0.348. The van der Waals surface area contributed by atoms with Crippen LogP contribution < -0.4 is 0 Å². The standard InChI is InChI=1S/C32H40N8S8.2CHCl3/c1-25-9-41-18(33-25)26(2)11-43-20(35-26)28(4)13-45-22(37-28)30(6)15-47-24(39-30)32(8)16-48-23(40-32)31(7)14-46-21(38-31)29(5)12-44-19(36-29)27(3)10-42-17(25)34-27;2*2-1(3)4/h9-16H2,1-8H3;2*1H/t25-,26-,27-,28-,29-,30-,31-,32-;;/m0../s1. The smallest absolute Gasteiger partial charge is 0.180 e.